The van der Waals surface area contributed by atoms with Gasteiger partial charge in [-0.15, -0.1) is 0 Å². The fraction of sp³-hybridized carbons (Fsp3) is 0.391. The second-order valence-corrected chi connectivity index (χ2v) is 7.28. The van der Waals surface area contributed by atoms with Crippen LogP contribution in [0.3, 0.4) is 0 Å². The van der Waals surface area contributed by atoms with Crippen molar-refractivity contribution in [2.24, 2.45) is 0 Å². The van der Waals surface area contributed by atoms with Gasteiger partial charge in [0, 0.05) is 13.1 Å². The maximum atomic E-state index is 12.9. The Morgan fingerprint density at radius 3 is 2.41 bits per heavy atom. The lowest BCUT2D eigenvalue weighted by Gasteiger charge is -2.27. The molecule has 29 heavy (non-hydrogen) atoms. The molecule has 0 unspecified atom stereocenters. The number of amides is 2. The minimum atomic E-state index is -0.650. The molecule has 6 heteroatoms. The first-order chi connectivity index (χ1) is 14.0. The standard InChI is InChI=1S/C23H28N2O4/c1-4-21(29-18-14-16(2)13-17(3)15-18)22(26)24-20-8-6-5-7-19(20)23(27)25-9-11-28-12-10-25/h5-8,13-15,21H,4,9-12H2,1-3H3,(H,24,26)/t21-/m0/s1. The maximum Gasteiger partial charge on any atom is 0.265 e. The topological polar surface area (TPSA) is 67.9 Å². The van der Waals surface area contributed by atoms with Crippen LogP contribution in [-0.4, -0.2) is 49.1 Å². The number of nitrogens with one attached hydrogen (secondary N) is 1. The first-order valence-corrected chi connectivity index (χ1v) is 9.99. The van der Waals surface area contributed by atoms with Crippen LogP contribution in [0.4, 0.5) is 5.69 Å². The van der Waals surface area contributed by atoms with E-state index in [1.807, 2.05) is 32.9 Å². The average Bonchev–Trinajstić information content (AvgIpc) is 2.71. The molecule has 0 spiro atoms. The van der Waals surface area contributed by atoms with E-state index in [1.54, 1.807) is 29.2 Å². The lowest BCUT2D eigenvalue weighted by atomic mass is 10.1. The van der Waals surface area contributed by atoms with Gasteiger partial charge in [-0.2, -0.15) is 0 Å². The zero-order valence-electron chi connectivity index (χ0n) is 17.2. The Labute approximate surface area is 171 Å². The van der Waals surface area contributed by atoms with Gasteiger partial charge in [-0.05, 0) is 55.7 Å². The van der Waals surface area contributed by atoms with Crippen molar-refractivity contribution in [3.8, 4) is 5.75 Å². The van der Waals surface area contributed by atoms with Crippen LogP contribution in [0.2, 0.25) is 0 Å². The van der Waals surface area contributed by atoms with Gasteiger partial charge in [0.25, 0.3) is 11.8 Å². The van der Waals surface area contributed by atoms with E-state index in [9.17, 15) is 9.59 Å². The third-order valence-electron chi connectivity index (χ3n) is 4.85. The van der Waals surface area contributed by atoms with Gasteiger partial charge in [0.2, 0.25) is 0 Å². The molecule has 6 nitrogen and oxygen atoms in total. The zero-order valence-corrected chi connectivity index (χ0v) is 17.2. The van der Waals surface area contributed by atoms with E-state index in [0.29, 0.717) is 49.7 Å². The summed E-state index contributed by atoms with van der Waals surface area (Å²) in [5, 5.41) is 2.89. The van der Waals surface area contributed by atoms with Gasteiger partial charge >= 0.3 is 0 Å². The predicted molar refractivity (Wildman–Crippen MR) is 112 cm³/mol. The van der Waals surface area contributed by atoms with Gasteiger partial charge < -0.3 is 19.7 Å². The van der Waals surface area contributed by atoms with E-state index in [1.165, 1.54) is 0 Å². The highest BCUT2D eigenvalue weighted by molar-refractivity contribution is 6.04. The molecule has 2 aromatic carbocycles. The van der Waals surface area contributed by atoms with E-state index in [0.717, 1.165) is 11.1 Å². The highest BCUT2D eigenvalue weighted by Crippen LogP contribution is 2.21. The number of ether oxygens (including phenoxy) is 2. The second kappa shape index (κ2) is 9.56. The van der Waals surface area contributed by atoms with Crippen LogP contribution in [0.1, 0.15) is 34.8 Å². The lowest BCUT2D eigenvalue weighted by Crippen LogP contribution is -2.41. The Kier molecular flexibility index (Phi) is 6.88. The SMILES string of the molecule is CC[C@H](Oc1cc(C)cc(C)c1)C(=O)Nc1ccccc1C(=O)N1CCOCC1. The summed E-state index contributed by atoms with van der Waals surface area (Å²) in [6, 6.07) is 13.0. The fourth-order valence-electron chi connectivity index (χ4n) is 3.42. The molecule has 2 amide bonds. The van der Waals surface area contributed by atoms with Crippen LogP contribution in [0, 0.1) is 13.8 Å². The van der Waals surface area contributed by atoms with Crippen molar-refractivity contribution >= 4 is 17.5 Å². The molecule has 1 heterocycles. The third-order valence-corrected chi connectivity index (χ3v) is 4.85. The molecule has 1 N–H and O–H groups in total. The molecule has 154 valence electrons. The van der Waals surface area contributed by atoms with Crippen LogP contribution in [-0.2, 0) is 9.53 Å². The van der Waals surface area contributed by atoms with E-state index in [-0.39, 0.29) is 11.8 Å². The average molecular weight is 396 g/mol. The first-order valence-electron chi connectivity index (χ1n) is 9.99. The molecular weight excluding hydrogens is 368 g/mol. The number of carbonyl (C=O) groups excluding carboxylic acids is 2. The number of anilines is 1. The smallest absolute Gasteiger partial charge is 0.265 e. The number of aryl methyl sites for hydroxylation is 2. The molecule has 3 rings (SSSR count). The van der Waals surface area contributed by atoms with E-state index in [4.69, 9.17) is 9.47 Å². The van der Waals surface area contributed by atoms with Gasteiger partial charge in [0.15, 0.2) is 6.10 Å². The Hall–Kier alpha value is -2.86. The summed E-state index contributed by atoms with van der Waals surface area (Å²) >= 11 is 0. The van der Waals surface area contributed by atoms with Crippen LogP contribution >= 0.6 is 0 Å². The molecule has 1 saturated heterocycles. The number of morpholine rings is 1. The molecule has 0 aromatic heterocycles. The molecule has 1 atom stereocenters. The monoisotopic (exact) mass is 396 g/mol. The Morgan fingerprint density at radius 2 is 1.76 bits per heavy atom. The number of para-hydroxylation sites is 1. The molecule has 1 aliphatic heterocycles. The van der Waals surface area contributed by atoms with E-state index in [2.05, 4.69) is 11.4 Å². The summed E-state index contributed by atoms with van der Waals surface area (Å²) in [6.45, 7) is 8.05. The number of rotatable bonds is 6. The summed E-state index contributed by atoms with van der Waals surface area (Å²) in [7, 11) is 0. The summed E-state index contributed by atoms with van der Waals surface area (Å²) in [5.41, 5.74) is 3.13. The highest BCUT2D eigenvalue weighted by atomic mass is 16.5. The molecule has 0 radical (unpaired) electrons. The number of hydrogen-bond donors (Lipinski definition) is 1. The molecule has 1 fully saturated rings. The minimum Gasteiger partial charge on any atom is -0.481 e. The van der Waals surface area contributed by atoms with Gasteiger partial charge in [-0.1, -0.05) is 25.1 Å². The largest absolute Gasteiger partial charge is 0.481 e. The normalized spacial score (nSPS) is 14.9. The Balaban J connectivity index is 1.74. The number of benzene rings is 2. The highest BCUT2D eigenvalue weighted by Gasteiger charge is 2.24. The lowest BCUT2D eigenvalue weighted by molar-refractivity contribution is -0.122. The molecule has 0 aliphatic carbocycles. The Bertz CT molecular complexity index is 855. The van der Waals surface area contributed by atoms with Crippen molar-refractivity contribution < 1.29 is 19.1 Å². The van der Waals surface area contributed by atoms with Crippen molar-refractivity contribution in [1.29, 1.82) is 0 Å². The van der Waals surface area contributed by atoms with Crippen LogP contribution in [0.25, 0.3) is 0 Å². The van der Waals surface area contributed by atoms with E-state index >= 15 is 0 Å². The summed E-state index contributed by atoms with van der Waals surface area (Å²) in [4.78, 5) is 27.5. The molecular formula is C23H28N2O4. The number of carbonyl (C=O) groups is 2. The van der Waals surface area contributed by atoms with Crippen molar-refractivity contribution in [3.63, 3.8) is 0 Å². The molecule has 2 aromatic rings. The van der Waals surface area contributed by atoms with Crippen LogP contribution in [0.15, 0.2) is 42.5 Å². The van der Waals surface area contributed by atoms with Gasteiger partial charge in [0.05, 0.1) is 24.5 Å². The van der Waals surface area contributed by atoms with E-state index < -0.39 is 6.10 Å². The number of hydrogen-bond acceptors (Lipinski definition) is 4. The van der Waals surface area contributed by atoms with Crippen molar-refractivity contribution in [1.82, 2.24) is 4.90 Å². The van der Waals surface area contributed by atoms with Crippen molar-refractivity contribution in [2.75, 3.05) is 31.6 Å². The van der Waals surface area contributed by atoms with Crippen LogP contribution in [0.5, 0.6) is 5.75 Å². The Morgan fingerprint density at radius 1 is 1.10 bits per heavy atom. The van der Waals surface area contributed by atoms with Gasteiger partial charge in [-0.3, -0.25) is 9.59 Å². The first kappa shape index (κ1) is 20.9. The third kappa shape index (κ3) is 5.35. The minimum absolute atomic E-state index is 0.104. The predicted octanol–water partition coefficient (Wildman–Crippen LogP) is 3.57. The fourth-order valence-corrected chi connectivity index (χ4v) is 3.42. The van der Waals surface area contributed by atoms with Crippen molar-refractivity contribution in [2.45, 2.75) is 33.3 Å². The second-order valence-electron chi connectivity index (χ2n) is 7.28. The van der Waals surface area contributed by atoms with Crippen LogP contribution < -0.4 is 10.1 Å². The summed E-state index contributed by atoms with van der Waals surface area (Å²) in [6.07, 6.45) is -0.138. The quantitative estimate of drug-likeness (QED) is 0.811. The van der Waals surface area contributed by atoms with Crippen molar-refractivity contribution in [3.05, 3.63) is 59.2 Å². The zero-order chi connectivity index (χ0) is 20.8. The summed E-state index contributed by atoms with van der Waals surface area (Å²) in [5.74, 6) is 0.295. The van der Waals surface area contributed by atoms with Gasteiger partial charge in [-0.25, -0.2) is 0 Å². The molecule has 0 bridgehead atoms. The molecule has 1 aliphatic rings. The van der Waals surface area contributed by atoms with Gasteiger partial charge in [0.1, 0.15) is 5.75 Å². The molecule has 0 saturated carbocycles. The summed E-state index contributed by atoms with van der Waals surface area (Å²) < 4.78 is 11.3. The maximum absolute atomic E-state index is 12.9. The number of nitrogens with zero attached hydrogens (tertiary/aromatic N) is 1.